The number of nitrogens with one attached hydrogen (secondary N) is 1. The summed E-state index contributed by atoms with van der Waals surface area (Å²) in [5, 5.41) is 3.81. The molecule has 5 rings (SSSR count). The molecule has 0 saturated carbocycles. The van der Waals surface area contributed by atoms with E-state index in [0.717, 1.165) is 6.54 Å². The van der Waals surface area contributed by atoms with Gasteiger partial charge in [0.05, 0.1) is 0 Å². The van der Waals surface area contributed by atoms with E-state index in [1.54, 1.807) is 0 Å². The van der Waals surface area contributed by atoms with Gasteiger partial charge in [-0.15, -0.1) is 0 Å². The summed E-state index contributed by atoms with van der Waals surface area (Å²) in [6.45, 7) is 1.10. The maximum absolute atomic E-state index is 3.81. The second kappa shape index (κ2) is 8.69. The van der Waals surface area contributed by atoms with Gasteiger partial charge in [-0.1, -0.05) is 109 Å². The quantitative estimate of drug-likeness (QED) is 0.391. The van der Waals surface area contributed by atoms with Gasteiger partial charge in [-0.05, 0) is 52.8 Å². The highest BCUT2D eigenvalue weighted by molar-refractivity contribution is 5.73. The molecular formula is C29H27N. The van der Waals surface area contributed by atoms with Crippen LogP contribution < -0.4 is 5.32 Å². The van der Waals surface area contributed by atoms with Gasteiger partial charge < -0.3 is 5.32 Å². The molecule has 4 aromatic carbocycles. The topological polar surface area (TPSA) is 12.0 Å². The van der Waals surface area contributed by atoms with E-state index in [4.69, 9.17) is 0 Å². The molecule has 1 aliphatic rings. The summed E-state index contributed by atoms with van der Waals surface area (Å²) >= 11 is 0. The Hall–Kier alpha value is -3.16. The van der Waals surface area contributed by atoms with E-state index in [1.807, 2.05) is 0 Å². The Balaban J connectivity index is 1.70. The second-order valence-electron chi connectivity index (χ2n) is 8.09. The van der Waals surface area contributed by atoms with E-state index in [0.29, 0.717) is 12.0 Å². The van der Waals surface area contributed by atoms with Gasteiger partial charge in [0.2, 0.25) is 0 Å². The lowest BCUT2D eigenvalue weighted by Gasteiger charge is -2.29. The van der Waals surface area contributed by atoms with Crippen LogP contribution in [0.3, 0.4) is 0 Å². The van der Waals surface area contributed by atoms with Crippen molar-refractivity contribution in [2.75, 3.05) is 6.54 Å². The van der Waals surface area contributed by atoms with E-state index in [2.05, 4.69) is 115 Å². The summed E-state index contributed by atoms with van der Waals surface area (Å²) in [6.07, 6.45) is 2.44. The summed E-state index contributed by atoms with van der Waals surface area (Å²) in [5.41, 5.74) is 8.05. The Morgan fingerprint density at radius 3 is 1.50 bits per heavy atom. The largest absolute Gasteiger partial charge is 0.313 e. The molecule has 1 fully saturated rings. The fourth-order valence-corrected chi connectivity index (χ4v) is 4.89. The van der Waals surface area contributed by atoms with Crippen molar-refractivity contribution >= 4 is 0 Å². The molecule has 0 bridgehead atoms. The van der Waals surface area contributed by atoms with Crippen molar-refractivity contribution < 1.29 is 0 Å². The van der Waals surface area contributed by atoms with E-state index in [1.165, 1.54) is 46.2 Å². The first kappa shape index (κ1) is 18.8. The molecule has 4 aromatic rings. The van der Waals surface area contributed by atoms with Gasteiger partial charge in [0, 0.05) is 12.0 Å². The van der Waals surface area contributed by atoms with Crippen LogP contribution in [0.15, 0.2) is 109 Å². The van der Waals surface area contributed by atoms with Gasteiger partial charge in [0.15, 0.2) is 0 Å². The molecule has 0 aromatic heterocycles. The van der Waals surface area contributed by atoms with Crippen LogP contribution >= 0.6 is 0 Å². The third-order valence-electron chi connectivity index (χ3n) is 6.26. The van der Waals surface area contributed by atoms with Crippen molar-refractivity contribution in [3.05, 3.63) is 120 Å². The van der Waals surface area contributed by atoms with E-state index in [9.17, 15) is 0 Å². The molecule has 0 radical (unpaired) electrons. The number of rotatable bonds is 5. The molecule has 1 heteroatoms. The van der Waals surface area contributed by atoms with Crippen LogP contribution in [0.5, 0.6) is 0 Å². The lowest BCUT2D eigenvalue weighted by molar-refractivity contribution is 0.542. The van der Waals surface area contributed by atoms with E-state index in [-0.39, 0.29) is 0 Å². The van der Waals surface area contributed by atoms with Crippen LogP contribution in [-0.4, -0.2) is 12.6 Å². The van der Waals surface area contributed by atoms with Gasteiger partial charge in [-0.25, -0.2) is 0 Å². The maximum Gasteiger partial charge on any atom is 0.0255 e. The molecule has 1 aliphatic heterocycles. The lowest BCUT2D eigenvalue weighted by Crippen LogP contribution is -2.30. The average Bonchev–Trinajstić information content (AvgIpc) is 3.36. The number of hydrogen-bond acceptors (Lipinski definition) is 1. The van der Waals surface area contributed by atoms with Crippen molar-refractivity contribution in [1.29, 1.82) is 0 Å². The standard InChI is InChI=1S/C29H27N/c1-3-12-22(13-4-1)24-16-7-9-18-26(24)29(28-20-11-21-30-28)27-19-10-8-17-25(27)23-14-5-2-6-15-23/h1-10,12-19,28-30H,11,20-21H2/t28-/m0/s1. The van der Waals surface area contributed by atoms with Crippen molar-refractivity contribution in [3.8, 4) is 22.3 Å². The minimum atomic E-state index is 0.306. The monoisotopic (exact) mass is 389 g/mol. The van der Waals surface area contributed by atoms with Crippen LogP contribution in [0.1, 0.15) is 29.9 Å². The molecular weight excluding hydrogens is 362 g/mol. The predicted molar refractivity (Wildman–Crippen MR) is 127 cm³/mol. The Kier molecular flexibility index (Phi) is 5.46. The minimum Gasteiger partial charge on any atom is -0.313 e. The van der Waals surface area contributed by atoms with Crippen molar-refractivity contribution in [3.63, 3.8) is 0 Å². The molecule has 0 spiro atoms. The zero-order valence-corrected chi connectivity index (χ0v) is 17.2. The van der Waals surface area contributed by atoms with Crippen LogP contribution in [0.2, 0.25) is 0 Å². The molecule has 1 nitrogen and oxygen atoms in total. The molecule has 1 N–H and O–H groups in total. The van der Waals surface area contributed by atoms with E-state index < -0.39 is 0 Å². The summed E-state index contributed by atoms with van der Waals surface area (Å²) in [7, 11) is 0. The van der Waals surface area contributed by atoms with Gasteiger partial charge >= 0.3 is 0 Å². The van der Waals surface area contributed by atoms with Crippen molar-refractivity contribution in [1.82, 2.24) is 5.32 Å². The first-order chi connectivity index (χ1) is 14.9. The zero-order valence-electron chi connectivity index (χ0n) is 17.2. The Labute approximate surface area is 179 Å². The van der Waals surface area contributed by atoms with Crippen molar-refractivity contribution in [2.45, 2.75) is 24.8 Å². The average molecular weight is 390 g/mol. The summed E-state index contributed by atoms with van der Waals surface area (Å²) in [6, 6.07) is 40.0. The summed E-state index contributed by atoms with van der Waals surface area (Å²) in [5.74, 6) is 0.306. The van der Waals surface area contributed by atoms with E-state index >= 15 is 0 Å². The van der Waals surface area contributed by atoms with Gasteiger partial charge in [-0.3, -0.25) is 0 Å². The smallest absolute Gasteiger partial charge is 0.0255 e. The number of benzene rings is 4. The molecule has 0 aliphatic carbocycles. The third-order valence-corrected chi connectivity index (χ3v) is 6.26. The second-order valence-corrected chi connectivity index (χ2v) is 8.09. The van der Waals surface area contributed by atoms with Crippen molar-refractivity contribution in [2.24, 2.45) is 0 Å². The first-order valence-corrected chi connectivity index (χ1v) is 10.9. The van der Waals surface area contributed by atoms with Crippen LogP contribution in [0.25, 0.3) is 22.3 Å². The fourth-order valence-electron chi connectivity index (χ4n) is 4.89. The van der Waals surface area contributed by atoms with Gasteiger partial charge in [0.25, 0.3) is 0 Å². The Bertz CT molecular complexity index is 1010. The normalized spacial score (nSPS) is 16.1. The Morgan fingerprint density at radius 2 is 1.03 bits per heavy atom. The summed E-state index contributed by atoms with van der Waals surface area (Å²) in [4.78, 5) is 0. The van der Waals surface area contributed by atoms with Gasteiger partial charge in [0.1, 0.15) is 0 Å². The minimum absolute atomic E-state index is 0.306. The van der Waals surface area contributed by atoms with Crippen LogP contribution in [-0.2, 0) is 0 Å². The third kappa shape index (κ3) is 3.69. The summed E-state index contributed by atoms with van der Waals surface area (Å²) < 4.78 is 0. The molecule has 1 atom stereocenters. The molecule has 1 heterocycles. The molecule has 0 amide bonds. The molecule has 30 heavy (non-hydrogen) atoms. The number of hydrogen-bond donors (Lipinski definition) is 1. The predicted octanol–water partition coefficient (Wildman–Crippen LogP) is 6.90. The first-order valence-electron chi connectivity index (χ1n) is 10.9. The molecule has 0 unspecified atom stereocenters. The SMILES string of the molecule is c1ccc(-c2ccccc2C(c2ccccc2-c2ccccc2)[C@@H]2CCCN2)cc1. The van der Waals surface area contributed by atoms with Crippen LogP contribution in [0.4, 0.5) is 0 Å². The highest BCUT2D eigenvalue weighted by Crippen LogP contribution is 2.41. The maximum atomic E-state index is 3.81. The fraction of sp³-hybridized carbons (Fsp3) is 0.172. The lowest BCUT2D eigenvalue weighted by atomic mass is 9.78. The highest BCUT2D eigenvalue weighted by Gasteiger charge is 2.30. The van der Waals surface area contributed by atoms with Gasteiger partial charge in [-0.2, -0.15) is 0 Å². The van der Waals surface area contributed by atoms with Crippen LogP contribution in [0, 0.1) is 0 Å². The zero-order chi connectivity index (χ0) is 20.2. The molecule has 148 valence electrons. The Morgan fingerprint density at radius 1 is 0.567 bits per heavy atom. The molecule has 1 saturated heterocycles. The highest BCUT2D eigenvalue weighted by atomic mass is 14.9.